The van der Waals surface area contributed by atoms with Crippen molar-refractivity contribution in [1.29, 1.82) is 0 Å². The molecule has 0 radical (unpaired) electrons. The van der Waals surface area contributed by atoms with Crippen LogP contribution in [0, 0.1) is 5.92 Å². The number of carbonyl (C=O) groups is 2. The van der Waals surface area contributed by atoms with E-state index in [1.807, 2.05) is 34.1 Å². The Bertz CT molecular complexity index is 986. The Morgan fingerprint density at radius 3 is 2.03 bits per heavy atom. The van der Waals surface area contributed by atoms with Gasteiger partial charge in [-0.25, -0.2) is 5.06 Å². The molecule has 7 heteroatoms. The SMILES string of the molecule is CC(C)(C)c1ccc(Nc2ccc(CN(O)C(=O)CN3CCN(C(=O)C4CC4)CC3)cc2)cc1. The fraction of sp³-hybridized carbons (Fsp3) is 0.481. The average molecular weight is 465 g/mol. The molecule has 2 aliphatic rings. The summed E-state index contributed by atoms with van der Waals surface area (Å²) < 4.78 is 0. The zero-order valence-corrected chi connectivity index (χ0v) is 20.5. The third kappa shape index (κ3) is 6.36. The summed E-state index contributed by atoms with van der Waals surface area (Å²) in [7, 11) is 0. The fourth-order valence-corrected chi connectivity index (χ4v) is 4.16. The monoisotopic (exact) mass is 464 g/mol. The van der Waals surface area contributed by atoms with Crippen molar-refractivity contribution in [3.8, 4) is 0 Å². The lowest BCUT2D eigenvalue weighted by molar-refractivity contribution is -0.169. The van der Waals surface area contributed by atoms with Crippen LogP contribution in [0.1, 0.15) is 44.7 Å². The first-order valence-electron chi connectivity index (χ1n) is 12.2. The van der Waals surface area contributed by atoms with E-state index in [1.165, 1.54) is 5.56 Å². The van der Waals surface area contributed by atoms with Crippen molar-refractivity contribution >= 4 is 23.2 Å². The number of amides is 2. The molecule has 1 saturated heterocycles. The minimum absolute atomic E-state index is 0.122. The second-order valence-corrected chi connectivity index (χ2v) is 10.5. The van der Waals surface area contributed by atoms with Gasteiger partial charge in [0.15, 0.2) is 0 Å². The molecule has 2 amide bonds. The number of benzene rings is 2. The summed E-state index contributed by atoms with van der Waals surface area (Å²) in [5.74, 6) is 0.162. The third-order valence-electron chi connectivity index (χ3n) is 6.58. The molecule has 2 aromatic carbocycles. The van der Waals surface area contributed by atoms with Crippen LogP contribution in [0.25, 0.3) is 0 Å². The second-order valence-electron chi connectivity index (χ2n) is 10.5. The highest BCUT2D eigenvalue weighted by Crippen LogP contribution is 2.31. The second kappa shape index (κ2) is 10.2. The summed E-state index contributed by atoms with van der Waals surface area (Å²) in [6, 6.07) is 16.1. The summed E-state index contributed by atoms with van der Waals surface area (Å²) in [5, 5.41) is 14.5. The fourth-order valence-electron chi connectivity index (χ4n) is 4.16. The Balaban J connectivity index is 1.22. The first-order valence-corrected chi connectivity index (χ1v) is 12.2. The van der Waals surface area contributed by atoms with Crippen LogP contribution in [-0.4, -0.2) is 64.6 Å². The summed E-state index contributed by atoms with van der Waals surface area (Å²) >= 11 is 0. The van der Waals surface area contributed by atoms with Crippen molar-refractivity contribution < 1.29 is 14.8 Å². The number of hydrogen-bond donors (Lipinski definition) is 2. The van der Waals surface area contributed by atoms with E-state index >= 15 is 0 Å². The molecule has 0 spiro atoms. The number of carbonyl (C=O) groups excluding carboxylic acids is 2. The predicted octanol–water partition coefficient (Wildman–Crippen LogP) is 4.00. The van der Waals surface area contributed by atoms with Crippen molar-refractivity contribution in [3.05, 3.63) is 59.7 Å². The lowest BCUT2D eigenvalue weighted by Crippen LogP contribution is -2.51. The van der Waals surface area contributed by atoms with E-state index in [1.54, 1.807) is 0 Å². The molecular weight excluding hydrogens is 428 g/mol. The number of rotatable bonds is 7. The Morgan fingerprint density at radius 2 is 1.50 bits per heavy atom. The predicted molar refractivity (Wildman–Crippen MR) is 133 cm³/mol. The Morgan fingerprint density at radius 1 is 0.941 bits per heavy atom. The molecule has 1 aliphatic carbocycles. The van der Waals surface area contributed by atoms with Crippen LogP contribution in [0.15, 0.2) is 48.5 Å². The molecule has 1 saturated carbocycles. The molecule has 2 aromatic rings. The maximum Gasteiger partial charge on any atom is 0.260 e. The van der Waals surface area contributed by atoms with Gasteiger partial charge >= 0.3 is 0 Å². The normalized spacial score (nSPS) is 16.9. The molecular formula is C27H36N4O3. The van der Waals surface area contributed by atoms with E-state index in [0.717, 1.165) is 34.8 Å². The van der Waals surface area contributed by atoms with E-state index < -0.39 is 0 Å². The number of nitrogens with zero attached hydrogens (tertiary/aromatic N) is 3. The average Bonchev–Trinajstić information content (AvgIpc) is 3.66. The molecule has 0 unspecified atom stereocenters. The summed E-state index contributed by atoms with van der Waals surface area (Å²) in [6.45, 7) is 9.52. The van der Waals surface area contributed by atoms with Crippen LogP contribution in [0.4, 0.5) is 11.4 Å². The Hall–Kier alpha value is -2.90. The van der Waals surface area contributed by atoms with Crippen LogP contribution in [0.2, 0.25) is 0 Å². The van der Waals surface area contributed by atoms with Gasteiger partial charge in [0, 0.05) is 43.5 Å². The zero-order valence-electron chi connectivity index (χ0n) is 20.5. The molecule has 4 rings (SSSR count). The van der Waals surface area contributed by atoms with E-state index in [2.05, 4.69) is 50.4 Å². The first-order chi connectivity index (χ1) is 16.2. The van der Waals surface area contributed by atoms with Crippen molar-refractivity contribution in [2.75, 3.05) is 38.0 Å². The first kappa shape index (κ1) is 24.2. The van der Waals surface area contributed by atoms with E-state index in [0.29, 0.717) is 26.2 Å². The molecule has 1 aliphatic heterocycles. The van der Waals surface area contributed by atoms with E-state index in [4.69, 9.17) is 0 Å². The topological polar surface area (TPSA) is 76.1 Å². The van der Waals surface area contributed by atoms with Gasteiger partial charge in [-0.1, -0.05) is 45.0 Å². The van der Waals surface area contributed by atoms with Gasteiger partial charge in [-0.05, 0) is 53.6 Å². The quantitative estimate of drug-likeness (QED) is 0.479. The van der Waals surface area contributed by atoms with Crippen LogP contribution in [0.5, 0.6) is 0 Å². The molecule has 2 fully saturated rings. The van der Waals surface area contributed by atoms with Gasteiger partial charge < -0.3 is 10.2 Å². The number of hydroxylamine groups is 2. The molecule has 182 valence electrons. The molecule has 0 atom stereocenters. The Labute approximate surface area is 202 Å². The largest absolute Gasteiger partial charge is 0.356 e. The summed E-state index contributed by atoms with van der Waals surface area (Å²) in [4.78, 5) is 28.6. The van der Waals surface area contributed by atoms with Gasteiger partial charge in [-0.3, -0.25) is 19.7 Å². The van der Waals surface area contributed by atoms with Gasteiger partial charge in [-0.15, -0.1) is 0 Å². The lowest BCUT2D eigenvalue weighted by atomic mass is 9.87. The smallest absolute Gasteiger partial charge is 0.260 e. The van der Waals surface area contributed by atoms with Gasteiger partial charge in [0.2, 0.25) is 5.91 Å². The third-order valence-corrected chi connectivity index (χ3v) is 6.58. The van der Waals surface area contributed by atoms with Gasteiger partial charge in [0.25, 0.3) is 5.91 Å². The van der Waals surface area contributed by atoms with Crippen molar-refractivity contribution in [3.63, 3.8) is 0 Å². The van der Waals surface area contributed by atoms with Crippen LogP contribution in [-0.2, 0) is 21.5 Å². The lowest BCUT2D eigenvalue weighted by Gasteiger charge is -2.34. The highest BCUT2D eigenvalue weighted by atomic mass is 16.5. The molecule has 2 N–H and O–H groups in total. The molecule has 34 heavy (non-hydrogen) atoms. The maximum atomic E-state index is 12.5. The van der Waals surface area contributed by atoms with E-state index in [-0.39, 0.29) is 36.2 Å². The molecule has 1 heterocycles. The minimum atomic E-state index is -0.330. The molecule has 0 bridgehead atoms. The van der Waals surface area contributed by atoms with Gasteiger partial charge in [-0.2, -0.15) is 0 Å². The molecule has 7 nitrogen and oxygen atoms in total. The van der Waals surface area contributed by atoms with E-state index in [9.17, 15) is 14.8 Å². The number of anilines is 2. The summed E-state index contributed by atoms with van der Waals surface area (Å²) in [6.07, 6.45) is 2.02. The van der Waals surface area contributed by atoms with Crippen molar-refractivity contribution in [2.24, 2.45) is 5.92 Å². The maximum absolute atomic E-state index is 12.5. The Kier molecular flexibility index (Phi) is 7.24. The van der Waals surface area contributed by atoms with Gasteiger partial charge in [0.05, 0.1) is 13.1 Å². The standard InChI is InChI=1S/C27H36N4O3/c1-27(2,3)22-8-12-24(13-9-22)28-23-10-4-20(5-11-23)18-31(34)25(32)19-29-14-16-30(17-15-29)26(33)21-6-7-21/h4-5,8-13,21,28,34H,6-7,14-19H2,1-3H3. The molecule has 0 aromatic heterocycles. The zero-order chi connectivity index (χ0) is 24.3. The minimum Gasteiger partial charge on any atom is -0.356 e. The van der Waals surface area contributed by atoms with Crippen LogP contribution >= 0.6 is 0 Å². The highest BCUT2D eigenvalue weighted by molar-refractivity contribution is 5.81. The summed E-state index contributed by atoms with van der Waals surface area (Å²) in [5.41, 5.74) is 4.22. The van der Waals surface area contributed by atoms with Crippen LogP contribution < -0.4 is 5.32 Å². The van der Waals surface area contributed by atoms with Crippen LogP contribution in [0.3, 0.4) is 0 Å². The number of nitrogens with one attached hydrogen (secondary N) is 1. The number of hydrogen-bond acceptors (Lipinski definition) is 5. The highest BCUT2D eigenvalue weighted by Gasteiger charge is 2.34. The van der Waals surface area contributed by atoms with Gasteiger partial charge in [0.1, 0.15) is 0 Å². The van der Waals surface area contributed by atoms with Crippen molar-refractivity contribution in [1.82, 2.24) is 14.9 Å². The van der Waals surface area contributed by atoms with Crippen molar-refractivity contribution in [2.45, 2.75) is 45.6 Å². The number of piperazine rings is 1.